The van der Waals surface area contributed by atoms with Crippen LogP contribution in [-0.2, 0) is 4.74 Å². The maximum absolute atomic E-state index is 11.1. The van der Waals surface area contributed by atoms with Gasteiger partial charge in [0.05, 0.1) is 11.0 Å². The van der Waals surface area contributed by atoms with Crippen LogP contribution in [0.5, 0.6) is 0 Å². The van der Waals surface area contributed by atoms with E-state index < -0.39 is 4.92 Å². The molecule has 2 unspecified atom stereocenters. The lowest BCUT2D eigenvalue weighted by atomic mass is 10.3. The number of aromatic nitrogens is 2. The van der Waals surface area contributed by atoms with Gasteiger partial charge in [0.1, 0.15) is 6.33 Å². The van der Waals surface area contributed by atoms with Crippen molar-refractivity contribution >= 4 is 23.3 Å². The fourth-order valence-electron chi connectivity index (χ4n) is 1.81. The van der Waals surface area contributed by atoms with Crippen LogP contribution in [0, 0.1) is 10.1 Å². The van der Waals surface area contributed by atoms with Gasteiger partial charge in [-0.25, -0.2) is 9.97 Å². The molecule has 2 rings (SSSR count). The van der Waals surface area contributed by atoms with Gasteiger partial charge in [-0.3, -0.25) is 10.1 Å². The molecule has 0 aromatic carbocycles. The first-order valence-electron chi connectivity index (χ1n) is 5.59. The van der Waals surface area contributed by atoms with Crippen molar-refractivity contribution in [3.63, 3.8) is 0 Å². The molecule has 1 fully saturated rings. The van der Waals surface area contributed by atoms with Crippen LogP contribution in [0.3, 0.4) is 0 Å². The van der Waals surface area contributed by atoms with Crippen LogP contribution in [0.25, 0.3) is 0 Å². The summed E-state index contributed by atoms with van der Waals surface area (Å²) in [5, 5.41) is 14.4. The minimum atomic E-state index is -0.450. The summed E-state index contributed by atoms with van der Waals surface area (Å²) >= 11 is 1.39. The van der Waals surface area contributed by atoms with Gasteiger partial charge in [-0.15, -0.1) is 0 Å². The zero-order chi connectivity index (χ0) is 13.1. The highest BCUT2D eigenvalue weighted by Crippen LogP contribution is 2.38. The molecule has 1 aromatic rings. The van der Waals surface area contributed by atoms with Gasteiger partial charge < -0.3 is 10.1 Å². The molecule has 1 saturated heterocycles. The standard InChI is InChI=1S/C10H14N4O3S/c1-6-7(3-4-17-6)18-10-8(14(15)16)9(11-2)12-5-13-10/h5-7H,3-4H2,1-2H3,(H,11,12,13). The van der Waals surface area contributed by atoms with Crippen LogP contribution >= 0.6 is 11.8 Å². The molecule has 0 amide bonds. The van der Waals surface area contributed by atoms with E-state index in [0.29, 0.717) is 11.6 Å². The molecule has 2 heterocycles. The third-order valence-electron chi connectivity index (χ3n) is 2.78. The summed E-state index contributed by atoms with van der Waals surface area (Å²) in [4.78, 5) is 18.5. The lowest BCUT2D eigenvalue weighted by molar-refractivity contribution is -0.387. The number of nitro groups is 1. The Kier molecular flexibility index (Phi) is 3.97. The Bertz CT molecular complexity index is 457. The molecule has 0 radical (unpaired) electrons. The minimum absolute atomic E-state index is 0.0656. The Labute approximate surface area is 108 Å². The molecule has 0 spiro atoms. The predicted molar refractivity (Wildman–Crippen MR) is 67.9 cm³/mol. The fraction of sp³-hybridized carbons (Fsp3) is 0.600. The molecule has 1 aliphatic heterocycles. The lowest BCUT2D eigenvalue weighted by Gasteiger charge is -2.13. The van der Waals surface area contributed by atoms with Gasteiger partial charge in [-0.2, -0.15) is 0 Å². The number of thioether (sulfide) groups is 1. The van der Waals surface area contributed by atoms with E-state index in [1.54, 1.807) is 7.05 Å². The van der Waals surface area contributed by atoms with Crippen molar-refractivity contribution in [2.24, 2.45) is 0 Å². The fourth-order valence-corrected chi connectivity index (χ4v) is 2.97. The van der Waals surface area contributed by atoms with Gasteiger partial charge in [-0.05, 0) is 13.3 Å². The van der Waals surface area contributed by atoms with Gasteiger partial charge in [0.25, 0.3) is 0 Å². The molecule has 8 heteroatoms. The van der Waals surface area contributed by atoms with Gasteiger partial charge >= 0.3 is 5.69 Å². The second kappa shape index (κ2) is 5.49. The quantitative estimate of drug-likeness (QED) is 0.506. The van der Waals surface area contributed by atoms with Crippen LogP contribution in [0.1, 0.15) is 13.3 Å². The van der Waals surface area contributed by atoms with Crippen LogP contribution < -0.4 is 5.32 Å². The topological polar surface area (TPSA) is 90.2 Å². The SMILES string of the molecule is CNc1ncnc(SC2CCOC2C)c1[N+](=O)[O-]. The maximum atomic E-state index is 11.1. The third-order valence-corrected chi connectivity index (χ3v) is 4.22. The number of ether oxygens (including phenoxy) is 1. The van der Waals surface area contributed by atoms with E-state index in [2.05, 4.69) is 15.3 Å². The number of nitrogens with one attached hydrogen (secondary N) is 1. The average molecular weight is 270 g/mol. The summed E-state index contributed by atoms with van der Waals surface area (Å²) in [5.41, 5.74) is -0.0656. The smallest absolute Gasteiger partial charge is 0.343 e. The van der Waals surface area contributed by atoms with Gasteiger partial charge in [0.2, 0.25) is 5.82 Å². The van der Waals surface area contributed by atoms with E-state index in [1.807, 2.05) is 6.92 Å². The monoisotopic (exact) mass is 270 g/mol. The Morgan fingerprint density at radius 3 is 2.94 bits per heavy atom. The van der Waals surface area contributed by atoms with Crippen molar-refractivity contribution in [3.8, 4) is 0 Å². The first-order chi connectivity index (χ1) is 8.63. The summed E-state index contributed by atoms with van der Waals surface area (Å²) in [6, 6.07) is 0. The molecule has 98 valence electrons. The van der Waals surface area contributed by atoms with Crippen LogP contribution in [0.15, 0.2) is 11.4 Å². The largest absolute Gasteiger partial charge is 0.377 e. The van der Waals surface area contributed by atoms with Crippen LogP contribution in [-0.4, -0.2) is 39.9 Å². The van der Waals surface area contributed by atoms with Crippen LogP contribution in [0.2, 0.25) is 0 Å². The van der Waals surface area contributed by atoms with Crippen molar-refractivity contribution in [2.45, 2.75) is 29.7 Å². The van der Waals surface area contributed by atoms with E-state index in [-0.39, 0.29) is 22.9 Å². The Hall–Kier alpha value is -1.41. The molecule has 0 bridgehead atoms. The molecule has 0 saturated carbocycles. The van der Waals surface area contributed by atoms with Crippen molar-refractivity contribution in [2.75, 3.05) is 19.0 Å². The highest BCUT2D eigenvalue weighted by molar-refractivity contribution is 8.00. The zero-order valence-electron chi connectivity index (χ0n) is 10.1. The van der Waals surface area contributed by atoms with E-state index in [9.17, 15) is 10.1 Å². The molecule has 18 heavy (non-hydrogen) atoms. The highest BCUT2D eigenvalue weighted by Gasteiger charge is 2.30. The number of anilines is 1. The number of hydrogen-bond donors (Lipinski definition) is 1. The maximum Gasteiger partial charge on any atom is 0.343 e. The molecule has 7 nitrogen and oxygen atoms in total. The molecular weight excluding hydrogens is 256 g/mol. The highest BCUT2D eigenvalue weighted by atomic mass is 32.2. The summed E-state index contributed by atoms with van der Waals surface area (Å²) in [7, 11) is 1.60. The van der Waals surface area contributed by atoms with Crippen molar-refractivity contribution in [3.05, 3.63) is 16.4 Å². The van der Waals surface area contributed by atoms with Crippen molar-refractivity contribution < 1.29 is 9.66 Å². The molecule has 0 aliphatic carbocycles. The summed E-state index contributed by atoms with van der Waals surface area (Å²) in [6.07, 6.45) is 2.30. The van der Waals surface area contributed by atoms with Gasteiger partial charge in [0.15, 0.2) is 5.03 Å². The zero-order valence-corrected chi connectivity index (χ0v) is 10.9. The Morgan fingerprint density at radius 1 is 1.61 bits per heavy atom. The van der Waals surface area contributed by atoms with E-state index >= 15 is 0 Å². The summed E-state index contributed by atoms with van der Waals surface area (Å²) < 4.78 is 5.44. The normalized spacial score (nSPS) is 23.0. The van der Waals surface area contributed by atoms with Crippen molar-refractivity contribution in [1.82, 2.24) is 9.97 Å². The van der Waals surface area contributed by atoms with E-state index in [0.717, 1.165) is 6.42 Å². The molecule has 1 N–H and O–H groups in total. The Balaban J connectivity index is 2.29. The Morgan fingerprint density at radius 2 is 2.39 bits per heavy atom. The first-order valence-corrected chi connectivity index (χ1v) is 6.47. The number of hydrogen-bond acceptors (Lipinski definition) is 7. The molecular formula is C10H14N4O3S. The van der Waals surface area contributed by atoms with Gasteiger partial charge in [-0.1, -0.05) is 11.8 Å². The second-order valence-corrected chi connectivity index (χ2v) is 5.13. The number of rotatable bonds is 4. The minimum Gasteiger partial charge on any atom is -0.377 e. The lowest BCUT2D eigenvalue weighted by Crippen LogP contribution is -2.14. The van der Waals surface area contributed by atoms with Crippen LogP contribution in [0.4, 0.5) is 11.5 Å². The molecule has 1 aliphatic rings. The molecule has 2 atom stereocenters. The van der Waals surface area contributed by atoms with E-state index in [1.165, 1.54) is 18.1 Å². The summed E-state index contributed by atoms with van der Waals surface area (Å²) in [5.74, 6) is 0.240. The third kappa shape index (κ3) is 2.54. The second-order valence-electron chi connectivity index (χ2n) is 3.90. The predicted octanol–water partition coefficient (Wildman–Crippen LogP) is 1.70. The van der Waals surface area contributed by atoms with Crippen molar-refractivity contribution in [1.29, 1.82) is 0 Å². The summed E-state index contributed by atoms with van der Waals surface area (Å²) in [6.45, 7) is 2.66. The van der Waals surface area contributed by atoms with E-state index in [4.69, 9.17) is 4.74 Å². The average Bonchev–Trinajstić information content (AvgIpc) is 2.74. The number of nitrogens with zero attached hydrogens (tertiary/aromatic N) is 3. The molecule has 1 aromatic heterocycles. The van der Waals surface area contributed by atoms with Gasteiger partial charge in [0, 0.05) is 18.9 Å². The first kappa shape index (κ1) is 13.0.